The Morgan fingerprint density at radius 2 is 1.43 bits per heavy atom. The minimum atomic E-state index is -1.49. The van der Waals surface area contributed by atoms with Crippen molar-refractivity contribution in [2.24, 2.45) is 17.3 Å². The Balaban J connectivity index is 4.95. The second-order valence-corrected chi connectivity index (χ2v) is 12.7. The van der Waals surface area contributed by atoms with Gasteiger partial charge in [-0.15, -0.1) is 0 Å². The zero-order valence-corrected chi connectivity index (χ0v) is 16.9. The van der Waals surface area contributed by atoms with E-state index in [4.69, 9.17) is 9.16 Å². The van der Waals surface area contributed by atoms with Crippen molar-refractivity contribution >= 4 is 8.32 Å². The lowest BCUT2D eigenvalue weighted by atomic mass is 9.75. The molecule has 0 amide bonds. The summed E-state index contributed by atoms with van der Waals surface area (Å²) < 4.78 is 12.4. The predicted molar refractivity (Wildman–Crippen MR) is 96.4 cm³/mol. The van der Waals surface area contributed by atoms with Gasteiger partial charge in [0.25, 0.3) is 0 Å². The molecule has 0 unspecified atom stereocenters. The fraction of sp³-hybridized carbons (Fsp3) is 1.00. The Morgan fingerprint density at radius 1 is 0.905 bits per heavy atom. The molecule has 0 aromatic rings. The molecule has 21 heavy (non-hydrogen) atoms. The van der Waals surface area contributed by atoms with Gasteiger partial charge in [0.15, 0.2) is 8.32 Å². The molecule has 128 valence electrons. The summed E-state index contributed by atoms with van der Waals surface area (Å²) in [6, 6.07) is 1.18. The second kappa shape index (κ2) is 10.0. The lowest BCUT2D eigenvalue weighted by Crippen LogP contribution is -2.41. The zero-order valence-electron chi connectivity index (χ0n) is 15.9. The maximum absolute atomic E-state index is 6.44. The summed E-state index contributed by atoms with van der Waals surface area (Å²) in [5.74, 6) is 1.37. The van der Waals surface area contributed by atoms with Crippen molar-refractivity contribution in [3.05, 3.63) is 0 Å². The monoisotopic (exact) mass is 316 g/mol. The van der Waals surface area contributed by atoms with Gasteiger partial charge in [-0.05, 0) is 50.2 Å². The van der Waals surface area contributed by atoms with Crippen LogP contribution < -0.4 is 0 Å². The molecule has 0 aromatic carbocycles. The van der Waals surface area contributed by atoms with E-state index in [0.717, 1.165) is 26.2 Å². The molecule has 3 heteroatoms. The van der Waals surface area contributed by atoms with Crippen LogP contribution in [0.2, 0.25) is 19.1 Å². The van der Waals surface area contributed by atoms with E-state index >= 15 is 0 Å². The van der Waals surface area contributed by atoms with E-state index in [0.29, 0.717) is 11.8 Å². The highest BCUT2D eigenvalue weighted by Crippen LogP contribution is 2.36. The number of ether oxygens (including phenoxy) is 1. The van der Waals surface area contributed by atoms with Crippen molar-refractivity contribution in [3.8, 4) is 0 Å². The highest BCUT2D eigenvalue weighted by atomic mass is 28.4. The summed E-state index contributed by atoms with van der Waals surface area (Å²) >= 11 is 0. The standard InChI is InChI=1S/C18H40O2Si/c1-9-11-19-14-18(12-16(3)4,13-17(5)6)15-20-21(7,8)10-2/h16-17H,9-15H2,1-8H3. The smallest absolute Gasteiger partial charge is 0.186 e. The lowest BCUT2D eigenvalue weighted by Gasteiger charge is -2.39. The van der Waals surface area contributed by atoms with Crippen LogP contribution in [0.3, 0.4) is 0 Å². The Bertz CT molecular complexity index is 252. The highest BCUT2D eigenvalue weighted by Gasteiger charge is 2.35. The van der Waals surface area contributed by atoms with Crippen LogP contribution in [0.15, 0.2) is 0 Å². The third kappa shape index (κ3) is 9.70. The molecule has 0 radical (unpaired) electrons. The molecular formula is C18H40O2Si. The third-order valence-corrected chi connectivity index (χ3v) is 6.69. The van der Waals surface area contributed by atoms with E-state index in [1.54, 1.807) is 0 Å². The van der Waals surface area contributed by atoms with Gasteiger partial charge in [0.2, 0.25) is 0 Å². The lowest BCUT2D eigenvalue weighted by molar-refractivity contribution is -0.0141. The van der Waals surface area contributed by atoms with Crippen molar-refractivity contribution in [1.82, 2.24) is 0 Å². The minimum Gasteiger partial charge on any atom is -0.417 e. The Morgan fingerprint density at radius 3 is 1.81 bits per heavy atom. The molecule has 0 saturated carbocycles. The van der Waals surface area contributed by atoms with Crippen LogP contribution in [0.25, 0.3) is 0 Å². The molecule has 0 spiro atoms. The van der Waals surface area contributed by atoms with Gasteiger partial charge in [-0.25, -0.2) is 0 Å². The molecule has 0 saturated heterocycles. The summed E-state index contributed by atoms with van der Waals surface area (Å²) in [6.07, 6.45) is 3.49. The van der Waals surface area contributed by atoms with Crippen molar-refractivity contribution in [2.75, 3.05) is 19.8 Å². The van der Waals surface area contributed by atoms with Crippen LogP contribution >= 0.6 is 0 Å². The van der Waals surface area contributed by atoms with E-state index in [1.807, 2.05) is 0 Å². The average molecular weight is 317 g/mol. The van der Waals surface area contributed by atoms with E-state index in [-0.39, 0.29) is 5.41 Å². The van der Waals surface area contributed by atoms with E-state index in [9.17, 15) is 0 Å². The first-order valence-corrected chi connectivity index (χ1v) is 12.0. The van der Waals surface area contributed by atoms with E-state index in [2.05, 4.69) is 54.6 Å². The average Bonchev–Trinajstić information content (AvgIpc) is 2.35. The van der Waals surface area contributed by atoms with Crippen LogP contribution in [0.1, 0.15) is 60.8 Å². The Kier molecular flexibility index (Phi) is 10.1. The van der Waals surface area contributed by atoms with Crippen molar-refractivity contribution in [1.29, 1.82) is 0 Å². The maximum Gasteiger partial charge on any atom is 0.186 e. The first-order valence-electron chi connectivity index (χ1n) is 8.88. The van der Waals surface area contributed by atoms with E-state index < -0.39 is 8.32 Å². The van der Waals surface area contributed by atoms with Crippen molar-refractivity contribution in [3.63, 3.8) is 0 Å². The Hall–Kier alpha value is 0.137. The van der Waals surface area contributed by atoms with Gasteiger partial charge >= 0.3 is 0 Å². The van der Waals surface area contributed by atoms with Gasteiger partial charge in [-0.1, -0.05) is 41.5 Å². The first kappa shape index (κ1) is 21.1. The maximum atomic E-state index is 6.44. The van der Waals surface area contributed by atoms with E-state index in [1.165, 1.54) is 18.9 Å². The molecule has 0 aliphatic carbocycles. The molecule has 0 rings (SSSR count). The molecule has 0 fully saturated rings. The highest BCUT2D eigenvalue weighted by molar-refractivity contribution is 6.71. The van der Waals surface area contributed by atoms with Crippen LogP contribution in [-0.4, -0.2) is 28.1 Å². The summed E-state index contributed by atoms with van der Waals surface area (Å²) in [6.45, 7) is 21.0. The van der Waals surface area contributed by atoms with Gasteiger partial charge in [0.1, 0.15) is 0 Å². The van der Waals surface area contributed by atoms with Gasteiger partial charge in [0.05, 0.1) is 6.61 Å². The quantitative estimate of drug-likeness (QED) is 0.338. The number of rotatable bonds is 12. The molecule has 0 aliphatic heterocycles. The molecule has 2 nitrogen and oxygen atoms in total. The molecule has 0 atom stereocenters. The number of hydrogen-bond acceptors (Lipinski definition) is 2. The van der Waals surface area contributed by atoms with Crippen LogP contribution in [-0.2, 0) is 9.16 Å². The second-order valence-electron chi connectivity index (χ2n) is 8.15. The van der Waals surface area contributed by atoms with Crippen LogP contribution in [0.4, 0.5) is 0 Å². The first-order chi connectivity index (χ1) is 9.66. The van der Waals surface area contributed by atoms with Gasteiger partial charge in [-0.3, -0.25) is 0 Å². The summed E-state index contributed by atoms with van der Waals surface area (Å²) in [5.41, 5.74) is 0.191. The minimum absolute atomic E-state index is 0.191. The normalized spacial score (nSPS) is 13.4. The molecule has 0 aromatic heterocycles. The number of hydrogen-bond donors (Lipinski definition) is 0. The molecule has 0 bridgehead atoms. The van der Waals surface area contributed by atoms with Gasteiger partial charge < -0.3 is 9.16 Å². The van der Waals surface area contributed by atoms with Crippen LogP contribution in [0, 0.1) is 17.3 Å². The third-order valence-electron chi connectivity index (χ3n) is 4.06. The predicted octanol–water partition coefficient (Wildman–Crippen LogP) is 5.73. The largest absolute Gasteiger partial charge is 0.417 e. The topological polar surface area (TPSA) is 18.5 Å². The summed E-state index contributed by atoms with van der Waals surface area (Å²) in [4.78, 5) is 0. The van der Waals surface area contributed by atoms with Gasteiger partial charge in [0, 0.05) is 18.6 Å². The molecule has 0 aliphatic rings. The SMILES string of the molecule is CCCOCC(CO[Si](C)(C)CC)(CC(C)C)CC(C)C. The zero-order chi connectivity index (χ0) is 16.5. The van der Waals surface area contributed by atoms with Crippen LogP contribution in [0.5, 0.6) is 0 Å². The summed E-state index contributed by atoms with van der Waals surface area (Å²) in [7, 11) is -1.49. The van der Waals surface area contributed by atoms with Crippen molar-refractivity contribution < 1.29 is 9.16 Å². The Labute approximate surface area is 135 Å². The molecular weight excluding hydrogens is 276 g/mol. The van der Waals surface area contributed by atoms with Crippen molar-refractivity contribution in [2.45, 2.75) is 79.9 Å². The molecule has 0 heterocycles. The summed E-state index contributed by atoms with van der Waals surface area (Å²) in [5, 5.41) is 0. The fourth-order valence-electron chi connectivity index (χ4n) is 2.98. The van der Waals surface area contributed by atoms with Gasteiger partial charge in [-0.2, -0.15) is 0 Å². The fourth-order valence-corrected chi connectivity index (χ4v) is 3.88. The molecule has 0 N–H and O–H groups in total.